The van der Waals surface area contributed by atoms with Crippen molar-refractivity contribution in [3.05, 3.63) is 0 Å². The molecule has 0 aromatic carbocycles. The molecule has 0 aromatic heterocycles. The maximum atomic E-state index is 5.37. The second-order valence-electron chi connectivity index (χ2n) is 4.57. The van der Waals surface area contributed by atoms with Crippen molar-refractivity contribution in [1.82, 2.24) is 10.2 Å². The van der Waals surface area contributed by atoms with Gasteiger partial charge in [0.1, 0.15) is 0 Å². The highest BCUT2D eigenvalue weighted by molar-refractivity contribution is 7.80. The fourth-order valence-electron chi connectivity index (χ4n) is 2.07. The number of rotatable bonds is 1. The summed E-state index contributed by atoms with van der Waals surface area (Å²) in [5.41, 5.74) is 0. The summed E-state index contributed by atoms with van der Waals surface area (Å²) in [5.74, 6) is 0.800. The molecule has 1 saturated heterocycles. The fraction of sp³-hybridized carbons (Fsp3) is 0.900. The molecule has 0 amide bonds. The van der Waals surface area contributed by atoms with E-state index in [1.807, 2.05) is 0 Å². The average molecular weight is 198 g/mol. The Bertz CT molecular complexity index is 213. The van der Waals surface area contributed by atoms with Crippen molar-refractivity contribution in [3.8, 4) is 0 Å². The predicted octanol–water partition coefficient (Wildman–Crippen LogP) is 1.75. The lowest BCUT2D eigenvalue weighted by Crippen LogP contribution is -2.42. The number of hydrogen-bond donors (Lipinski definition) is 1. The normalized spacial score (nSPS) is 33.5. The van der Waals surface area contributed by atoms with Crippen LogP contribution in [0.3, 0.4) is 0 Å². The molecule has 13 heavy (non-hydrogen) atoms. The van der Waals surface area contributed by atoms with Crippen molar-refractivity contribution in [2.45, 2.75) is 45.2 Å². The first kappa shape index (κ1) is 9.25. The van der Waals surface area contributed by atoms with Gasteiger partial charge in [-0.05, 0) is 44.3 Å². The Hall–Kier alpha value is -0.310. The van der Waals surface area contributed by atoms with Crippen LogP contribution in [0.15, 0.2) is 0 Å². The molecule has 0 bridgehead atoms. The van der Waals surface area contributed by atoms with E-state index in [0.29, 0.717) is 12.1 Å². The Morgan fingerprint density at radius 2 is 2.08 bits per heavy atom. The SMILES string of the molecule is CC1CC(C)N(C(=S)NC2CC2)C1. The van der Waals surface area contributed by atoms with Crippen LogP contribution in [0.2, 0.25) is 0 Å². The largest absolute Gasteiger partial charge is 0.360 e. The van der Waals surface area contributed by atoms with E-state index in [1.54, 1.807) is 0 Å². The van der Waals surface area contributed by atoms with Gasteiger partial charge >= 0.3 is 0 Å². The molecule has 1 aliphatic heterocycles. The van der Waals surface area contributed by atoms with Crippen molar-refractivity contribution >= 4 is 17.3 Å². The topological polar surface area (TPSA) is 15.3 Å². The molecule has 2 unspecified atom stereocenters. The van der Waals surface area contributed by atoms with E-state index < -0.39 is 0 Å². The van der Waals surface area contributed by atoms with Gasteiger partial charge in [-0.15, -0.1) is 0 Å². The minimum absolute atomic E-state index is 0.633. The van der Waals surface area contributed by atoms with Gasteiger partial charge in [0.05, 0.1) is 0 Å². The number of nitrogens with zero attached hydrogens (tertiary/aromatic N) is 1. The molecule has 3 heteroatoms. The lowest BCUT2D eigenvalue weighted by molar-refractivity contribution is 0.404. The van der Waals surface area contributed by atoms with Crippen LogP contribution in [0.1, 0.15) is 33.1 Å². The third-order valence-corrected chi connectivity index (χ3v) is 3.30. The molecule has 1 saturated carbocycles. The smallest absolute Gasteiger partial charge is 0.169 e. The summed E-state index contributed by atoms with van der Waals surface area (Å²) in [6, 6.07) is 1.32. The molecule has 2 atom stereocenters. The molecular formula is C10H18N2S. The van der Waals surface area contributed by atoms with E-state index in [1.165, 1.54) is 19.3 Å². The van der Waals surface area contributed by atoms with Crippen molar-refractivity contribution in [3.63, 3.8) is 0 Å². The highest BCUT2D eigenvalue weighted by atomic mass is 32.1. The Kier molecular flexibility index (Phi) is 2.45. The zero-order chi connectivity index (χ0) is 9.42. The summed E-state index contributed by atoms with van der Waals surface area (Å²) in [7, 11) is 0. The zero-order valence-electron chi connectivity index (χ0n) is 8.42. The molecule has 1 N–H and O–H groups in total. The number of thiocarbonyl (C=S) groups is 1. The second-order valence-corrected chi connectivity index (χ2v) is 4.95. The Labute approximate surface area is 85.7 Å². The molecule has 1 heterocycles. The summed E-state index contributed by atoms with van der Waals surface area (Å²) in [4.78, 5) is 2.35. The van der Waals surface area contributed by atoms with Gasteiger partial charge in [0.2, 0.25) is 0 Å². The summed E-state index contributed by atoms with van der Waals surface area (Å²) in [6.07, 6.45) is 3.89. The molecule has 0 spiro atoms. The van der Waals surface area contributed by atoms with Crippen LogP contribution >= 0.6 is 12.2 Å². The van der Waals surface area contributed by atoms with E-state index >= 15 is 0 Å². The number of likely N-dealkylation sites (tertiary alicyclic amines) is 1. The molecular weight excluding hydrogens is 180 g/mol. The number of hydrogen-bond acceptors (Lipinski definition) is 1. The van der Waals surface area contributed by atoms with Crippen molar-refractivity contribution in [2.75, 3.05) is 6.54 Å². The maximum absolute atomic E-state index is 5.37. The Morgan fingerprint density at radius 3 is 2.54 bits per heavy atom. The first-order valence-electron chi connectivity index (χ1n) is 5.24. The van der Waals surface area contributed by atoms with E-state index in [2.05, 4.69) is 24.1 Å². The first-order chi connectivity index (χ1) is 6.16. The highest BCUT2D eigenvalue weighted by Gasteiger charge is 2.30. The third kappa shape index (κ3) is 2.13. The van der Waals surface area contributed by atoms with Gasteiger partial charge in [-0.1, -0.05) is 6.92 Å². The van der Waals surface area contributed by atoms with Crippen molar-refractivity contribution in [2.24, 2.45) is 5.92 Å². The second kappa shape index (κ2) is 3.45. The Morgan fingerprint density at radius 1 is 1.38 bits per heavy atom. The lowest BCUT2D eigenvalue weighted by Gasteiger charge is -2.24. The third-order valence-electron chi connectivity index (χ3n) is 2.95. The van der Waals surface area contributed by atoms with Crippen molar-refractivity contribution in [1.29, 1.82) is 0 Å². The van der Waals surface area contributed by atoms with E-state index in [-0.39, 0.29) is 0 Å². The van der Waals surface area contributed by atoms with E-state index in [0.717, 1.165) is 17.6 Å². The van der Waals surface area contributed by atoms with Gasteiger partial charge in [-0.2, -0.15) is 0 Å². The van der Waals surface area contributed by atoms with Gasteiger partial charge < -0.3 is 10.2 Å². The van der Waals surface area contributed by atoms with Crippen LogP contribution in [0.4, 0.5) is 0 Å². The molecule has 2 fully saturated rings. The van der Waals surface area contributed by atoms with Crippen LogP contribution in [0.25, 0.3) is 0 Å². The Balaban J connectivity index is 1.87. The lowest BCUT2D eigenvalue weighted by atomic mass is 10.1. The standard InChI is InChI=1S/C10H18N2S/c1-7-5-8(2)12(6-7)10(13)11-9-3-4-9/h7-9H,3-6H2,1-2H3,(H,11,13). The van der Waals surface area contributed by atoms with E-state index in [9.17, 15) is 0 Å². The molecule has 74 valence electrons. The minimum atomic E-state index is 0.633. The summed E-state index contributed by atoms with van der Waals surface area (Å²) < 4.78 is 0. The van der Waals surface area contributed by atoms with Crippen LogP contribution in [-0.2, 0) is 0 Å². The summed E-state index contributed by atoms with van der Waals surface area (Å²) >= 11 is 5.37. The monoisotopic (exact) mass is 198 g/mol. The first-order valence-corrected chi connectivity index (χ1v) is 5.65. The minimum Gasteiger partial charge on any atom is -0.360 e. The molecule has 0 radical (unpaired) electrons. The van der Waals surface area contributed by atoms with Gasteiger partial charge in [0.15, 0.2) is 5.11 Å². The predicted molar refractivity (Wildman–Crippen MR) is 58.7 cm³/mol. The zero-order valence-corrected chi connectivity index (χ0v) is 9.23. The van der Waals surface area contributed by atoms with Crippen LogP contribution < -0.4 is 5.32 Å². The summed E-state index contributed by atoms with van der Waals surface area (Å²) in [6.45, 7) is 5.71. The van der Waals surface area contributed by atoms with Gasteiger partial charge in [0, 0.05) is 18.6 Å². The molecule has 2 rings (SSSR count). The molecule has 0 aromatic rings. The molecule has 1 aliphatic carbocycles. The summed E-state index contributed by atoms with van der Waals surface area (Å²) in [5, 5.41) is 4.39. The maximum Gasteiger partial charge on any atom is 0.169 e. The molecule has 2 nitrogen and oxygen atoms in total. The highest BCUT2D eigenvalue weighted by Crippen LogP contribution is 2.24. The van der Waals surface area contributed by atoms with Gasteiger partial charge in [-0.25, -0.2) is 0 Å². The molecule has 2 aliphatic rings. The van der Waals surface area contributed by atoms with Crippen LogP contribution in [-0.4, -0.2) is 28.6 Å². The van der Waals surface area contributed by atoms with Gasteiger partial charge in [0.25, 0.3) is 0 Å². The van der Waals surface area contributed by atoms with E-state index in [4.69, 9.17) is 12.2 Å². The van der Waals surface area contributed by atoms with Crippen LogP contribution in [0, 0.1) is 5.92 Å². The van der Waals surface area contributed by atoms with Gasteiger partial charge in [-0.3, -0.25) is 0 Å². The van der Waals surface area contributed by atoms with Crippen molar-refractivity contribution < 1.29 is 0 Å². The quantitative estimate of drug-likeness (QED) is 0.646. The van der Waals surface area contributed by atoms with Crippen LogP contribution in [0.5, 0.6) is 0 Å². The average Bonchev–Trinajstić information content (AvgIpc) is 2.77. The fourth-order valence-corrected chi connectivity index (χ4v) is 2.49. The number of nitrogens with one attached hydrogen (secondary N) is 1.